The molecule has 0 bridgehead atoms. The summed E-state index contributed by atoms with van der Waals surface area (Å²) < 4.78 is 1.02. The molecule has 20 heavy (non-hydrogen) atoms. The predicted molar refractivity (Wildman–Crippen MR) is 85.9 cm³/mol. The molecular weight excluding hydrogens is 316 g/mol. The van der Waals surface area contributed by atoms with Crippen molar-refractivity contribution < 1.29 is 4.79 Å². The first-order valence-corrected chi connectivity index (χ1v) is 7.16. The van der Waals surface area contributed by atoms with Crippen molar-refractivity contribution in [3.05, 3.63) is 63.1 Å². The van der Waals surface area contributed by atoms with Crippen LogP contribution in [-0.4, -0.2) is 5.91 Å². The maximum Gasteiger partial charge on any atom is 0.249 e. The molecular formula is C16H17BrN2O. The van der Waals surface area contributed by atoms with E-state index in [1.165, 1.54) is 5.56 Å². The maximum atomic E-state index is 11.4. The molecule has 0 aliphatic carbocycles. The molecule has 0 unspecified atom stereocenters. The molecule has 104 valence electrons. The van der Waals surface area contributed by atoms with Gasteiger partial charge in [-0.25, -0.2) is 0 Å². The Morgan fingerprint density at radius 2 is 1.95 bits per heavy atom. The summed E-state index contributed by atoms with van der Waals surface area (Å²) in [5.41, 5.74) is 10.2. The molecule has 0 fully saturated rings. The van der Waals surface area contributed by atoms with Crippen LogP contribution in [0.4, 0.5) is 5.69 Å². The lowest BCUT2D eigenvalue weighted by Gasteiger charge is -2.14. The molecule has 2 rings (SSSR count). The Bertz CT molecular complexity index is 630. The Morgan fingerprint density at radius 1 is 1.25 bits per heavy atom. The number of hydrogen-bond acceptors (Lipinski definition) is 2. The number of nitrogens with one attached hydrogen (secondary N) is 1. The summed E-state index contributed by atoms with van der Waals surface area (Å²) in [6.07, 6.45) is 0. The topological polar surface area (TPSA) is 55.1 Å². The van der Waals surface area contributed by atoms with Crippen molar-refractivity contribution in [2.45, 2.75) is 20.4 Å². The van der Waals surface area contributed by atoms with E-state index in [0.717, 1.165) is 21.3 Å². The second-order valence-corrected chi connectivity index (χ2v) is 5.67. The monoisotopic (exact) mass is 332 g/mol. The van der Waals surface area contributed by atoms with Crippen molar-refractivity contribution in [2.75, 3.05) is 5.32 Å². The first-order chi connectivity index (χ1) is 9.49. The molecule has 3 N–H and O–H groups in total. The van der Waals surface area contributed by atoms with Crippen LogP contribution in [0.15, 0.2) is 40.9 Å². The smallest absolute Gasteiger partial charge is 0.249 e. The van der Waals surface area contributed by atoms with E-state index >= 15 is 0 Å². The summed E-state index contributed by atoms with van der Waals surface area (Å²) in [5, 5.41) is 3.37. The number of rotatable bonds is 4. The number of hydrogen-bond donors (Lipinski definition) is 2. The maximum absolute atomic E-state index is 11.4. The van der Waals surface area contributed by atoms with Gasteiger partial charge in [0.1, 0.15) is 0 Å². The Kier molecular flexibility index (Phi) is 4.45. The number of primary amides is 1. The minimum atomic E-state index is -0.401. The Labute approximate surface area is 127 Å². The fraction of sp³-hybridized carbons (Fsp3) is 0.188. The predicted octanol–water partition coefficient (Wildman–Crippen LogP) is 3.78. The summed E-state index contributed by atoms with van der Waals surface area (Å²) >= 11 is 3.56. The highest BCUT2D eigenvalue weighted by Gasteiger charge is 2.09. The van der Waals surface area contributed by atoms with E-state index in [4.69, 9.17) is 5.73 Å². The molecule has 1 amide bonds. The van der Waals surface area contributed by atoms with Gasteiger partial charge >= 0.3 is 0 Å². The van der Waals surface area contributed by atoms with Crippen LogP contribution in [0.2, 0.25) is 0 Å². The van der Waals surface area contributed by atoms with Gasteiger partial charge in [-0.15, -0.1) is 0 Å². The number of carbonyl (C=O) groups excluding carboxylic acids is 1. The number of halogens is 1. The molecule has 0 aliphatic heterocycles. The number of carbonyl (C=O) groups is 1. The first-order valence-electron chi connectivity index (χ1n) is 6.37. The van der Waals surface area contributed by atoms with Gasteiger partial charge in [-0.2, -0.15) is 0 Å². The van der Waals surface area contributed by atoms with E-state index in [1.807, 2.05) is 18.2 Å². The summed E-state index contributed by atoms with van der Waals surface area (Å²) in [7, 11) is 0. The lowest BCUT2D eigenvalue weighted by Crippen LogP contribution is -2.15. The quantitative estimate of drug-likeness (QED) is 0.895. The zero-order valence-corrected chi connectivity index (χ0v) is 13.1. The zero-order valence-electron chi connectivity index (χ0n) is 11.5. The fourth-order valence-corrected chi connectivity index (χ4v) is 3.05. The van der Waals surface area contributed by atoms with E-state index < -0.39 is 5.91 Å². The van der Waals surface area contributed by atoms with Crippen molar-refractivity contribution in [1.29, 1.82) is 0 Å². The number of anilines is 1. The molecule has 4 heteroatoms. The highest BCUT2D eigenvalue weighted by Crippen LogP contribution is 2.28. The number of nitrogens with two attached hydrogens (primary N) is 1. The second-order valence-electron chi connectivity index (χ2n) is 4.81. The minimum Gasteiger partial charge on any atom is -0.380 e. The van der Waals surface area contributed by atoms with Crippen LogP contribution in [0.3, 0.4) is 0 Å². The summed E-state index contributed by atoms with van der Waals surface area (Å²) in [6.45, 7) is 4.67. The molecule has 3 nitrogen and oxygen atoms in total. The Hall–Kier alpha value is -1.81. The van der Waals surface area contributed by atoms with Gasteiger partial charge in [-0.1, -0.05) is 24.3 Å². The van der Waals surface area contributed by atoms with E-state index in [2.05, 4.69) is 47.2 Å². The van der Waals surface area contributed by atoms with Gasteiger partial charge in [-0.3, -0.25) is 4.79 Å². The lowest BCUT2D eigenvalue weighted by molar-refractivity contribution is 0.0999. The largest absolute Gasteiger partial charge is 0.380 e. The normalized spacial score (nSPS) is 10.3. The number of amides is 1. The van der Waals surface area contributed by atoms with Gasteiger partial charge in [0.2, 0.25) is 5.91 Å². The van der Waals surface area contributed by atoms with Crippen LogP contribution in [0.1, 0.15) is 27.0 Å². The number of benzene rings is 2. The Morgan fingerprint density at radius 3 is 2.60 bits per heavy atom. The van der Waals surface area contributed by atoms with E-state index in [9.17, 15) is 4.79 Å². The molecule has 0 atom stereocenters. The Balaban J connectivity index is 2.24. The van der Waals surface area contributed by atoms with Gasteiger partial charge in [-0.05, 0) is 58.6 Å². The minimum absolute atomic E-state index is 0.401. The van der Waals surface area contributed by atoms with Crippen LogP contribution in [0.25, 0.3) is 0 Å². The molecule has 0 saturated heterocycles. The van der Waals surface area contributed by atoms with Crippen LogP contribution >= 0.6 is 15.9 Å². The third kappa shape index (κ3) is 3.20. The van der Waals surface area contributed by atoms with Crippen LogP contribution in [-0.2, 0) is 6.54 Å². The molecule has 0 aromatic heterocycles. The average Bonchev–Trinajstić information content (AvgIpc) is 2.37. The van der Waals surface area contributed by atoms with Crippen molar-refractivity contribution >= 4 is 27.5 Å². The summed E-state index contributed by atoms with van der Waals surface area (Å²) in [4.78, 5) is 11.4. The molecule has 2 aromatic rings. The fourth-order valence-electron chi connectivity index (χ4n) is 2.24. The van der Waals surface area contributed by atoms with Crippen LogP contribution in [0, 0.1) is 13.8 Å². The zero-order chi connectivity index (χ0) is 14.7. The molecule has 0 aliphatic rings. The second kappa shape index (κ2) is 6.09. The van der Waals surface area contributed by atoms with Crippen LogP contribution < -0.4 is 11.1 Å². The summed E-state index contributed by atoms with van der Waals surface area (Å²) in [6, 6.07) is 11.6. The van der Waals surface area contributed by atoms with Crippen molar-refractivity contribution in [1.82, 2.24) is 0 Å². The molecule has 0 radical (unpaired) electrons. The van der Waals surface area contributed by atoms with Crippen molar-refractivity contribution in [3.63, 3.8) is 0 Å². The van der Waals surface area contributed by atoms with Crippen molar-refractivity contribution in [2.24, 2.45) is 5.73 Å². The number of aryl methyl sites for hydroxylation is 2. The van der Waals surface area contributed by atoms with Gasteiger partial charge in [0.25, 0.3) is 0 Å². The van der Waals surface area contributed by atoms with Gasteiger partial charge in [0, 0.05) is 16.6 Å². The van der Waals surface area contributed by atoms with E-state index in [0.29, 0.717) is 12.1 Å². The SMILES string of the molecule is Cc1cc(C)c(NCc2ccccc2C(N)=O)c(Br)c1. The highest BCUT2D eigenvalue weighted by atomic mass is 79.9. The third-order valence-corrected chi connectivity index (χ3v) is 3.80. The average molecular weight is 333 g/mol. The third-order valence-electron chi connectivity index (χ3n) is 3.17. The molecule has 0 heterocycles. The van der Waals surface area contributed by atoms with Gasteiger partial charge in [0.05, 0.1) is 5.69 Å². The molecule has 0 spiro atoms. The standard InChI is InChI=1S/C16H17BrN2O/c1-10-7-11(2)15(14(17)8-10)19-9-12-5-3-4-6-13(12)16(18)20/h3-8,19H,9H2,1-2H3,(H2,18,20). The van der Waals surface area contributed by atoms with Crippen LogP contribution in [0.5, 0.6) is 0 Å². The van der Waals surface area contributed by atoms with Crippen molar-refractivity contribution in [3.8, 4) is 0 Å². The van der Waals surface area contributed by atoms with E-state index in [1.54, 1.807) is 6.07 Å². The highest BCUT2D eigenvalue weighted by molar-refractivity contribution is 9.10. The lowest BCUT2D eigenvalue weighted by atomic mass is 10.1. The van der Waals surface area contributed by atoms with E-state index in [-0.39, 0.29) is 0 Å². The first kappa shape index (κ1) is 14.6. The van der Waals surface area contributed by atoms with Gasteiger partial charge < -0.3 is 11.1 Å². The summed E-state index contributed by atoms with van der Waals surface area (Å²) in [5.74, 6) is -0.401. The van der Waals surface area contributed by atoms with Gasteiger partial charge in [0.15, 0.2) is 0 Å². The molecule has 2 aromatic carbocycles. The molecule has 0 saturated carbocycles.